The maximum atomic E-state index is 10.5. The molecule has 0 aromatic heterocycles. The number of ether oxygens (including phenoxy) is 6. The molecule has 0 aliphatic heterocycles. The molecule has 0 radical (unpaired) electrons. The molecule has 0 aliphatic carbocycles. The first-order valence-electron chi connectivity index (χ1n) is 11.8. The van der Waals surface area contributed by atoms with Gasteiger partial charge in [0.25, 0.3) is 0 Å². The first-order chi connectivity index (χ1) is 17.6. The van der Waals surface area contributed by atoms with Crippen LogP contribution in [0.1, 0.15) is 25.7 Å². The quantitative estimate of drug-likeness (QED) is 0.0593. The standard InChI is InChI=1S/C22H37ClO12S2.2K/c23-21-6-5-20(34-15-13-32-11-9-30-7-1-3-17-36(24,25)26)19-22(21)35-16-14-33-12-10-31-8-2-4-18-37(27,28)29;;/h5-6,19H,1-4,7-18H2,(H,24,25,26)(H,27,28,29);;/q;2*+1/p-2. The number of hydrogen-bond donors (Lipinski definition) is 0. The first-order valence-corrected chi connectivity index (χ1v) is 15.3. The largest absolute Gasteiger partial charge is 1.00 e. The molecule has 0 N–H and O–H groups in total. The van der Waals surface area contributed by atoms with Gasteiger partial charge in [-0.25, -0.2) is 16.8 Å². The van der Waals surface area contributed by atoms with Gasteiger partial charge in [0.2, 0.25) is 0 Å². The van der Waals surface area contributed by atoms with Crippen LogP contribution in [0.3, 0.4) is 0 Å². The molecular weight excluding hydrogens is 634 g/mol. The van der Waals surface area contributed by atoms with Gasteiger partial charge in [0, 0.05) is 30.8 Å². The third-order valence-corrected chi connectivity index (χ3v) is 6.38. The van der Waals surface area contributed by atoms with Crippen LogP contribution in [0.2, 0.25) is 5.02 Å². The third-order valence-electron chi connectivity index (χ3n) is 4.49. The number of hydrogen-bond acceptors (Lipinski definition) is 12. The van der Waals surface area contributed by atoms with Crippen molar-refractivity contribution >= 4 is 31.8 Å². The topological polar surface area (TPSA) is 170 Å². The van der Waals surface area contributed by atoms with Crippen LogP contribution in [-0.4, -0.2) is 104 Å². The summed E-state index contributed by atoms with van der Waals surface area (Å²) in [5, 5.41) is 0.428. The Labute approximate surface area is 321 Å². The van der Waals surface area contributed by atoms with Gasteiger partial charge in [-0.15, -0.1) is 0 Å². The Hall–Kier alpha value is 2.04. The maximum absolute atomic E-state index is 10.5. The summed E-state index contributed by atoms with van der Waals surface area (Å²) >= 11 is 6.15. The predicted molar refractivity (Wildman–Crippen MR) is 133 cm³/mol. The normalized spacial score (nSPS) is 11.5. The summed E-state index contributed by atoms with van der Waals surface area (Å²) in [5.74, 6) is 0.253. The van der Waals surface area contributed by atoms with E-state index in [1.807, 2.05) is 0 Å². The Kier molecular flexibility index (Phi) is 29.3. The Balaban J connectivity index is 0. The average Bonchev–Trinajstić information content (AvgIpc) is 2.81. The summed E-state index contributed by atoms with van der Waals surface area (Å²) in [6.07, 6.45) is 1.54. The van der Waals surface area contributed by atoms with Crippen molar-refractivity contribution in [2.45, 2.75) is 25.7 Å². The zero-order chi connectivity index (χ0) is 27.4. The minimum atomic E-state index is -4.17. The number of rotatable bonds is 24. The van der Waals surface area contributed by atoms with Crippen molar-refractivity contribution in [3.63, 3.8) is 0 Å². The van der Waals surface area contributed by atoms with E-state index in [-0.39, 0.29) is 134 Å². The molecule has 216 valence electrons. The summed E-state index contributed by atoms with van der Waals surface area (Å²) < 4.78 is 95.5. The van der Waals surface area contributed by atoms with E-state index in [9.17, 15) is 25.9 Å². The summed E-state index contributed by atoms with van der Waals surface area (Å²) in [6, 6.07) is 5.03. The molecule has 1 aromatic carbocycles. The molecule has 0 aliphatic rings. The molecule has 1 rings (SSSR count). The van der Waals surface area contributed by atoms with E-state index in [0.717, 1.165) is 0 Å². The molecule has 12 nitrogen and oxygen atoms in total. The van der Waals surface area contributed by atoms with Gasteiger partial charge >= 0.3 is 103 Å². The molecule has 0 atom stereocenters. The van der Waals surface area contributed by atoms with Gasteiger partial charge in [-0.2, -0.15) is 0 Å². The van der Waals surface area contributed by atoms with Crippen LogP contribution in [-0.2, 0) is 39.2 Å². The number of unbranched alkanes of at least 4 members (excludes halogenated alkanes) is 2. The molecule has 0 amide bonds. The van der Waals surface area contributed by atoms with Gasteiger partial charge < -0.3 is 37.5 Å². The van der Waals surface area contributed by atoms with Crippen LogP contribution in [0.15, 0.2) is 18.2 Å². The van der Waals surface area contributed by atoms with Crippen LogP contribution in [0.5, 0.6) is 11.5 Å². The van der Waals surface area contributed by atoms with Crippen LogP contribution < -0.4 is 112 Å². The smallest absolute Gasteiger partial charge is 0.748 e. The Bertz CT molecular complexity index is 952. The van der Waals surface area contributed by atoms with E-state index < -0.39 is 20.2 Å². The minimum Gasteiger partial charge on any atom is -0.748 e. The second-order valence-electron chi connectivity index (χ2n) is 7.68. The van der Waals surface area contributed by atoms with Crippen molar-refractivity contribution < 1.29 is 157 Å². The van der Waals surface area contributed by atoms with Crippen molar-refractivity contribution in [2.24, 2.45) is 0 Å². The van der Waals surface area contributed by atoms with Crippen LogP contribution >= 0.6 is 11.6 Å². The number of benzene rings is 1. The SMILES string of the molecule is O=S(=O)([O-])CCCCOCCOCCOc1ccc(Cl)c(OCCOCCOCCCCS(=O)(=O)[O-])c1.[K+].[K+]. The molecule has 17 heteroatoms. The van der Waals surface area contributed by atoms with E-state index in [4.69, 9.17) is 40.0 Å². The van der Waals surface area contributed by atoms with E-state index in [1.54, 1.807) is 18.2 Å². The average molecular weight is 669 g/mol. The third kappa shape index (κ3) is 28.6. The Morgan fingerprint density at radius 2 is 1.00 bits per heavy atom. The van der Waals surface area contributed by atoms with E-state index in [2.05, 4.69) is 0 Å². The molecule has 39 heavy (non-hydrogen) atoms. The molecule has 0 spiro atoms. The zero-order valence-corrected chi connectivity index (χ0v) is 31.3. The Morgan fingerprint density at radius 3 is 1.46 bits per heavy atom. The summed E-state index contributed by atoms with van der Waals surface area (Å²) in [4.78, 5) is 0. The maximum Gasteiger partial charge on any atom is 1.00 e. The van der Waals surface area contributed by atoms with Gasteiger partial charge in [-0.1, -0.05) is 11.6 Å². The number of halogens is 1. The van der Waals surface area contributed by atoms with E-state index in [0.29, 0.717) is 88.8 Å². The zero-order valence-electron chi connectivity index (χ0n) is 22.6. The fraction of sp³-hybridized carbons (Fsp3) is 0.727. The van der Waals surface area contributed by atoms with Crippen molar-refractivity contribution in [2.75, 3.05) is 77.6 Å². The molecule has 0 saturated carbocycles. The van der Waals surface area contributed by atoms with Crippen LogP contribution in [0.4, 0.5) is 0 Å². The van der Waals surface area contributed by atoms with E-state index in [1.165, 1.54) is 0 Å². The van der Waals surface area contributed by atoms with Gasteiger partial charge in [-0.05, 0) is 37.8 Å². The molecule has 0 saturated heterocycles. The van der Waals surface area contributed by atoms with Crippen molar-refractivity contribution in [1.29, 1.82) is 0 Å². The van der Waals surface area contributed by atoms with Gasteiger partial charge in [0.05, 0.1) is 64.9 Å². The summed E-state index contributed by atoms with van der Waals surface area (Å²) in [7, 11) is -8.33. The van der Waals surface area contributed by atoms with Crippen molar-refractivity contribution in [1.82, 2.24) is 0 Å². The predicted octanol–water partition coefficient (Wildman–Crippen LogP) is -4.18. The first kappa shape index (κ1) is 43.2. The fourth-order valence-electron chi connectivity index (χ4n) is 2.72. The van der Waals surface area contributed by atoms with Gasteiger partial charge in [0.1, 0.15) is 24.7 Å². The molecule has 0 heterocycles. The molecule has 0 unspecified atom stereocenters. The molecule has 1 aromatic rings. The molecule has 0 bridgehead atoms. The second-order valence-corrected chi connectivity index (χ2v) is 11.1. The summed E-state index contributed by atoms with van der Waals surface area (Å²) in [6.45, 7) is 3.34. The minimum absolute atomic E-state index is 0. The van der Waals surface area contributed by atoms with Gasteiger partial charge in [0.15, 0.2) is 0 Å². The monoisotopic (exact) mass is 668 g/mol. The second kappa shape index (κ2) is 26.4. The van der Waals surface area contributed by atoms with Crippen molar-refractivity contribution in [3.8, 4) is 11.5 Å². The van der Waals surface area contributed by atoms with Crippen molar-refractivity contribution in [3.05, 3.63) is 23.2 Å². The molecular formula is C22H35ClK2O12S2. The van der Waals surface area contributed by atoms with Gasteiger partial charge in [-0.3, -0.25) is 0 Å². The van der Waals surface area contributed by atoms with E-state index >= 15 is 0 Å². The Morgan fingerprint density at radius 1 is 0.590 bits per heavy atom. The fourth-order valence-corrected chi connectivity index (χ4v) is 4.01. The summed E-state index contributed by atoms with van der Waals surface area (Å²) in [5.41, 5.74) is 0. The van der Waals surface area contributed by atoms with Crippen LogP contribution in [0, 0.1) is 0 Å². The molecule has 0 fully saturated rings. The van der Waals surface area contributed by atoms with Crippen LogP contribution in [0.25, 0.3) is 0 Å².